The molecule has 1 aromatic rings. The SMILES string of the molecule is COC(=O)c1ccc(C(F)(F)F)nc1F. The van der Waals surface area contributed by atoms with E-state index in [0.717, 1.165) is 7.11 Å². The van der Waals surface area contributed by atoms with Crippen molar-refractivity contribution in [1.82, 2.24) is 4.98 Å². The molecule has 82 valence electrons. The number of pyridine rings is 1. The highest BCUT2D eigenvalue weighted by Crippen LogP contribution is 2.27. The van der Waals surface area contributed by atoms with Gasteiger partial charge in [-0.2, -0.15) is 17.6 Å². The summed E-state index contributed by atoms with van der Waals surface area (Å²) in [4.78, 5) is 13.4. The van der Waals surface area contributed by atoms with Gasteiger partial charge < -0.3 is 4.74 Å². The maximum absolute atomic E-state index is 12.9. The molecule has 0 amide bonds. The van der Waals surface area contributed by atoms with Crippen molar-refractivity contribution in [3.8, 4) is 0 Å². The van der Waals surface area contributed by atoms with E-state index in [4.69, 9.17) is 0 Å². The molecule has 0 unspecified atom stereocenters. The van der Waals surface area contributed by atoms with Crippen LogP contribution in [-0.2, 0) is 10.9 Å². The van der Waals surface area contributed by atoms with Crippen LogP contribution in [0.5, 0.6) is 0 Å². The summed E-state index contributed by atoms with van der Waals surface area (Å²) in [7, 11) is 0.986. The van der Waals surface area contributed by atoms with E-state index in [-0.39, 0.29) is 0 Å². The lowest BCUT2D eigenvalue weighted by atomic mass is 10.2. The Morgan fingerprint density at radius 2 is 2.00 bits per heavy atom. The number of nitrogens with zero attached hydrogens (tertiary/aromatic N) is 1. The number of esters is 1. The average Bonchev–Trinajstić information content (AvgIpc) is 2.15. The topological polar surface area (TPSA) is 39.2 Å². The van der Waals surface area contributed by atoms with E-state index in [0.29, 0.717) is 12.1 Å². The van der Waals surface area contributed by atoms with Gasteiger partial charge >= 0.3 is 12.1 Å². The Morgan fingerprint density at radius 1 is 1.40 bits per heavy atom. The van der Waals surface area contributed by atoms with E-state index < -0.39 is 29.4 Å². The minimum atomic E-state index is -4.74. The molecule has 0 radical (unpaired) electrons. The van der Waals surface area contributed by atoms with Crippen LogP contribution >= 0.6 is 0 Å². The van der Waals surface area contributed by atoms with Crippen LogP contribution in [0, 0.1) is 5.95 Å². The molecular formula is C8H5F4NO2. The van der Waals surface area contributed by atoms with Crippen LogP contribution in [0.15, 0.2) is 12.1 Å². The van der Waals surface area contributed by atoms with Crippen molar-refractivity contribution in [3.63, 3.8) is 0 Å². The fraction of sp³-hybridized carbons (Fsp3) is 0.250. The Labute approximate surface area is 81.7 Å². The van der Waals surface area contributed by atoms with E-state index in [2.05, 4.69) is 9.72 Å². The molecule has 7 heteroatoms. The zero-order valence-corrected chi connectivity index (χ0v) is 7.43. The van der Waals surface area contributed by atoms with Gasteiger partial charge in [0.15, 0.2) is 0 Å². The van der Waals surface area contributed by atoms with E-state index in [9.17, 15) is 22.4 Å². The fourth-order valence-corrected chi connectivity index (χ4v) is 0.854. The first-order chi connectivity index (χ1) is 6.86. The highest BCUT2D eigenvalue weighted by atomic mass is 19.4. The molecular weight excluding hydrogens is 218 g/mol. The van der Waals surface area contributed by atoms with Gasteiger partial charge in [-0.25, -0.2) is 9.78 Å². The first-order valence-electron chi connectivity index (χ1n) is 3.68. The third-order valence-corrected chi connectivity index (χ3v) is 1.54. The number of aromatic nitrogens is 1. The fourth-order valence-electron chi connectivity index (χ4n) is 0.854. The third-order valence-electron chi connectivity index (χ3n) is 1.54. The summed E-state index contributed by atoms with van der Waals surface area (Å²) in [5.74, 6) is -2.58. The molecule has 0 saturated carbocycles. The Bertz CT molecular complexity index is 389. The molecule has 0 N–H and O–H groups in total. The monoisotopic (exact) mass is 223 g/mol. The molecule has 1 heterocycles. The van der Waals surface area contributed by atoms with Gasteiger partial charge in [0.2, 0.25) is 5.95 Å². The second kappa shape index (κ2) is 3.84. The summed E-state index contributed by atoms with van der Waals surface area (Å²) in [5, 5.41) is 0. The number of carbonyl (C=O) groups is 1. The van der Waals surface area contributed by atoms with Crippen molar-refractivity contribution in [2.75, 3.05) is 7.11 Å². The van der Waals surface area contributed by atoms with E-state index in [1.807, 2.05) is 0 Å². The predicted octanol–water partition coefficient (Wildman–Crippen LogP) is 2.03. The van der Waals surface area contributed by atoms with Crippen LogP contribution in [0.1, 0.15) is 16.1 Å². The van der Waals surface area contributed by atoms with Gasteiger partial charge in [-0.05, 0) is 12.1 Å². The zero-order chi connectivity index (χ0) is 11.6. The van der Waals surface area contributed by atoms with Gasteiger partial charge in [0.25, 0.3) is 0 Å². The lowest BCUT2D eigenvalue weighted by Gasteiger charge is -2.06. The van der Waals surface area contributed by atoms with Gasteiger partial charge in [-0.3, -0.25) is 0 Å². The van der Waals surface area contributed by atoms with Gasteiger partial charge in [-0.15, -0.1) is 0 Å². The van der Waals surface area contributed by atoms with Gasteiger partial charge in [0.1, 0.15) is 11.3 Å². The van der Waals surface area contributed by atoms with Crippen molar-refractivity contribution in [3.05, 3.63) is 29.3 Å². The van der Waals surface area contributed by atoms with Gasteiger partial charge in [0, 0.05) is 0 Å². The molecule has 1 aromatic heterocycles. The lowest BCUT2D eigenvalue weighted by molar-refractivity contribution is -0.141. The number of rotatable bonds is 1. The summed E-state index contributed by atoms with van der Waals surface area (Å²) >= 11 is 0. The minimum Gasteiger partial charge on any atom is -0.465 e. The maximum atomic E-state index is 12.9. The number of ether oxygens (including phenoxy) is 1. The number of hydrogen-bond acceptors (Lipinski definition) is 3. The molecule has 1 rings (SSSR count). The molecule has 0 aromatic carbocycles. The molecule has 0 fully saturated rings. The average molecular weight is 223 g/mol. The number of halogens is 4. The van der Waals surface area contributed by atoms with Crippen LogP contribution in [0.3, 0.4) is 0 Å². The first kappa shape index (κ1) is 11.4. The molecule has 0 aliphatic rings. The number of hydrogen-bond donors (Lipinski definition) is 0. The Balaban J connectivity index is 3.15. The quantitative estimate of drug-likeness (QED) is 0.415. The summed E-state index contributed by atoms with van der Waals surface area (Å²) in [6.45, 7) is 0. The van der Waals surface area contributed by atoms with E-state index in [1.54, 1.807) is 0 Å². The second-order valence-corrected chi connectivity index (χ2v) is 2.52. The Morgan fingerprint density at radius 3 is 2.40 bits per heavy atom. The largest absolute Gasteiger partial charge is 0.465 e. The maximum Gasteiger partial charge on any atom is 0.433 e. The highest BCUT2D eigenvalue weighted by molar-refractivity contribution is 5.89. The normalized spacial score (nSPS) is 11.3. The van der Waals surface area contributed by atoms with Crippen molar-refractivity contribution < 1.29 is 27.1 Å². The second-order valence-electron chi connectivity index (χ2n) is 2.52. The van der Waals surface area contributed by atoms with Crippen molar-refractivity contribution in [2.45, 2.75) is 6.18 Å². The molecule has 0 saturated heterocycles. The van der Waals surface area contributed by atoms with Crippen molar-refractivity contribution in [1.29, 1.82) is 0 Å². The minimum absolute atomic E-state index is 0.509. The van der Waals surface area contributed by atoms with Gasteiger partial charge in [0.05, 0.1) is 7.11 Å². The molecule has 0 spiro atoms. The van der Waals surface area contributed by atoms with E-state index in [1.165, 1.54) is 0 Å². The summed E-state index contributed by atoms with van der Waals surface area (Å²) < 4.78 is 53.2. The Hall–Kier alpha value is -1.66. The lowest BCUT2D eigenvalue weighted by Crippen LogP contribution is -2.12. The number of methoxy groups -OCH3 is 1. The molecule has 15 heavy (non-hydrogen) atoms. The van der Waals surface area contributed by atoms with Crippen molar-refractivity contribution in [2.24, 2.45) is 0 Å². The molecule has 0 atom stereocenters. The molecule has 3 nitrogen and oxygen atoms in total. The summed E-state index contributed by atoms with van der Waals surface area (Å²) in [6.07, 6.45) is -4.74. The van der Waals surface area contributed by atoms with Crippen molar-refractivity contribution >= 4 is 5.97 Å². The number of alkyl halides is 3. The highest BCUT2D eigenvalue weighted by Gasteiger charge is 2.33. The zero-order valence-electron chi connectivity index (χ0n) is 7.43. The number of carbonyl (C=O) groups excluding carboxylic acids is 1. The summed E-state index contributed by atoms with van der Waals surface area (Å²) in [5.41, 5.74) is -2.03. The third kappa shape index (κ3) is 2.42. The smallest absolute Gasteiger partial charge is 0.433 e. The summed E-state index contributed by atoms with van der Waals surface area (Å²) in [6, 6.07) is 1.19. The Kier molecular flexibility index (Phi) is 2.92. The first-order valence-corrected chi connectivity index (χ1v) is 3.68. The van der Waals surface area contributed by atoms with Crippen LogP contribution in [-0.4, -0.2) is 18.1 Å². The van der Waals surface area contributed by atoms with Crippen LogP contribution in [0.4, 0.5) is 17.6 Å². The van der Waals surface area contributed by atoms with E-state index >= 15 is 0 Å². The molecule has 0 bridgehead atoms. The van der Waals surface area contributed by atoms with Crippen LogP contribution in [0.2, 0.25) is 0 Å². The van der Waals surface area contributed by atoms with Crippen LogP contribution < -0.4 is 0 Å². The predicted molar refractivity (Wildman–Crippen MR) is 40.5 cm³/mol. The molecule has 0 aliphatic heterocycles. The van der Waals surface area contributed by atoms with Gasteiger partial charge in [-0.1, -0.05) is 0 Å². The standard InChI is InChI=1S/C8H5F4NO2/c1-15-7(14)4-2-3-5(8(10,11)12)13-6(4)9/h2-3H,1H3. The molecule has 0 aliphatic carbocycles. The van der Waals surface area contributed by atoms with Crippen LogP contribution in [0.25, 0.3) is 0 Å².